The van der Waals surface area contributed by atoms with Crippen molar-refractivity contribution in [1.82, 2.24) is 0 Å². The number of benzene rings is 2. The molecular weight excluding hydrogens is 259 g/mol. The van der Waals surface area contributed by atoms with E-state index in [9.17, 15) is 9.18 Å². The molecule has 2 rings (SSSR count). The first-order chi connectivity index (χ1) is 9.61. The lowest BCUT2D eigenvalue weighted by molar-refractivity contribution is -0.137. The van der Waals surface area contributed by atoms with Crippen LogP contribution in [0.15, 0.2) is 48.5 Å². The summed E-state index contributed by atoms with van der Waals surface area (Å²) < 4.78 is 18.3. The molecule has 0 aliphatic rings. The molecule has 0 amide bonds. The maximum atomic E-state index is 13.0. The molecule has 2 aromatic rings. The van der Waals surface area contributed by atoms with Crippen LogP contribution in [-0.2, 0) is 4.79 Å². The van der Waals surface area contributed by atoms with Gasteiger partial charge >= 0.3 is 5.97 Å². The molecule has 0 bridgehead atoms. The van der Waals surface area contributed by atoms with Crippen LogP contribution in [0.4, 0.5) is 4.39 Å². The van der Waals surface area contributed by atoms with Gasteiger partial charge < -0.3 is 9.84 Å². The zero-order valence-electron chi connectivity index (χ0n) is 11.0. The molecule has 0 spiro atoms. The first-order valence-corrected chi connectivity index (χ1v) is 6.22. The molecule has 1 atom stereocenters. The summed E-state index contributed by atoms with van der Waals surface area (Å²) in [6.45, 7) is 0. The minimum Gasteiger partial charge on any atom is -0.496 e. The maximum Gasteiger partial charge on any atom is 0.304 e. The number of carbonyl (C=O) groups is 1. The highest BCUT2D eigenvalue weighted by Gasteiger charge is 2.21. The molecule has 3 nitrogen and oxygen atoms in total. The van der Waals surface area contributed by atoms with E-state index in [1.165, 1.54) is 12.1 Å². The average molecular weight is 274 g/mol. The molecule has 0 fully saturated rings. The van der Waals surface area contributed by atoms with Gasteiger partial charge in [0.05, 0.1) is 13.5 Å². The Balaban J connectivity index is 2.46. The molecule has 0 heterocycles. The monoisotopic (exact) mass is 274 g/mol. The molecule has 104 valence electrons. The van der Waals surface area contributed by atoms with Gasteiger partial charge in [-0.15, -0.1) is 0 Å². The van der Waals surface area contributed by atoms with E-state index in [1.54, 1.807) is 25.3 Å². The summed E-state index contributed by atoms with van der Waals surface area (Å²) in [5.41, 5.74) is 1.53. The van der Waals surface area contributed by atoms with E-state index in [1.807, 2.05) is 18.2 Å². The van der Waals surface area contributed by atoms with Crippen LogP contribution >= 0.6 is 0 Å². The lowest BCUT2D eigenvalue weighted by Crippen LogP contribution is -2.09. The summed E-state index contributed by atoms with van der Waals surface area (Å²) in [5, 5.41) is 9.11. The number of hydrogen-bond acceptors (Lipinski definition) is 2. The molecule has 0 radical (unpaired) electrons. The second kappa shape index (κ2) is 6.19. The standard InChI is InChI=1S/C16H15FO3/c1-20-15-5-3-2-4-13(15)14(10-16(18)19)11-6-8-12(17)9-7-11/h2-9,14H,10H2,1H3,(H,18,19). The predicted octanol–water partition coefficient (Wildman–Crippen LogP) is 3.44. The van der Waals surface area contributed by atoms with E-state index < -0.39 is 5.97 Å². The molecule has 0 saturated heterocycles. The van der Waals surface area contributed by atoms with Crippen molar-refractivity contribution in [2.45, 2.75) is 12.3 Å². The molecule has 0 aliphatic carbocycles. The quantitative estimate of drug-likeness (QED) is 0.908. The van der Waals surface area contributed by atoms with Gasteiger partial charge in [-0.25, -0.2) is 4.39 Å². The molecular formula is C16H15FO3. The van der Waals surface area contributed by atoms with Gasteiger partial charge in [0.25, 0.3) is 0 Å². The van der Waals surface area contributed by atoms with Crippen molar-refractivity contribution in [3.05, 3.63) is 65.5 Å². The van der Waals surface area contributed by atoms with Gasteiger partial charge in [-0.1, -0.05) is 30.3 Å². The van der Waals surface area contributed by atoms with Crippen LogP contribution in [0.25, 0.3) is 0 Å². The highest BCUT2D eigenvalue weighted by atomic mass is 19.1. The van der Waals surface area contributed by atoms with Gasteiger partial charge in [-0.05, 0) is 23.8 Å². The Bertz CT molecular complexity index is 593. The van der Waals surface area contributed by atoms with E-state index in [2.05, 4.69) is 0 Å². The lowest BCUT2D eigenvalue weighted by Gasteiger charge is -2.18. The van der Waals surface area contributed by atoms with E-state index in [4.69, 9.17) is 9.84 Å². The summed E-state index contributed by atoms with van der Waals surface area (Å²) in [6, 6.07) is 13.1. The number of para-hydroxylation sites is 1. The number of rotatable bonds is 5. The summed E-state index contributed by atoms with van der Waals surface area (Å²) in [4.78, 5) is 11.1. The van der Waals surface area contributed by atoms with E-state index in [0.717, 1.165) is 11.1 Å². The van der Waals surface area contributed by atoms with Crippen LogP contribution in [0.1, 0.15) is 23.5 Å². The fourth-order valence-corrected chi connectivity index (χ4v) is 2.23. The second-order valence-corrected chi connectivity index (χ2v) is 4.44. The fraction of sp³-hybridized carbons (Fsp3) is 0.188. The van der Waals surface area contributed by atoms with E-state index in [0.29, 0.717) is 5.75 Å². The van der Waals surface area contributed by atoms with E-state index >= 15 is 0 Å². The Morgan fingerprint density at radius 1 is 1.20 bits per heavy atom. The van der Waals surface area contributed by atoms with Crippen LogP contribution in [-0.4, -0.2) is 18.2 Å². The van der Waals surface area contributed by atoms with Crippen LogP contribution in [0.2, 0.25) is 0 Å². The zero-order chi connectivity index (χ0) is 14.5. The number of aliphatic carboxylic acids is 1. The molecule has 0 aliphatic heterocycles. The van der Waals surface area contributed by atoms with Gasteiger partial charge in [0.1, 0.15) is 11.6 Å². The highest BCUT2D eigenvalue weighted by molar-refractivity contribution is 5.69. The normalized spacial score (nSPS) is 11.9. The predicted molar refractivity (Wildman–Crippen MR) is 73.5 cm³/mol. The molecule has 1 N–H and O–H groups in total. The Kier molecular flexibility index (Phi) is 4.35. The number of ether oxygens (including phenoxy) is 1. The van der Waals surface area contributed by atoms with Crippen molar-refractivity contribution < 1.29 is 19.0 Å². The Hall–Kier alpha value is -2.36. The van der Waals surface area contributed by atoms with Crippen molar-refractivity contribution >= 4 is 5.97 Å². The Morgan fingerprint density at radius 3 is 2.45 bits per heavy atom. The number of halogens is 1. The number of hydrogen-bond donors (Lipinski definition) is 1. The largest absolute Gasteiger partial charge is 0.496 e. The summed E-state index contributed by atoms with van der Waals surface area (Å²) in [7, 11) is 1.54. The number of carboxylic acids is 1. The van der Waals surface area contributed by atoms with Gasteiger partial charge in [0.15, 0.2) is 0 Å². The number of methoxy groups -OCH3 is 1. The van der Waals surface area contributed by atoms with Crippen LogP contribution < -0.4 is 4.74 Å². The summed E-state index contributed by atoms with van der Waals surface area (Å²) >= 11 is 0. The van der Waals surface area contributed by atoms with Crippen molar-refractivity contribution in [1.29, 1.82) is 0 Å². The smallest absolute Gasteiger partial charge is 0.304 e. The van der Waals surface area contributed by atoms with Crippen molar-refractivity contribution in [2.24, 2.45) is 0 Å². The summed E-state index contributed by atoms with van der Waals surface area (Å²) in [5.74, 6) is -1.000. The Labute approximate surface area is 116 Å². The maximum absolute atomic E-state index is 13.0. The number of carboxylic acid groups (broad SMARTS) is 1. The third-order valence-electron chi connectivity index (χ3n) is 3.17. The van der Waals surface area contributed by atoms with Gasteiger partial charge in [0.2, 0.25) is 0 Å². The molecule has 0 saturated carbocycles. The fourth-order valence-electron chi connectivity index (χ4n) is 2.23. The van der Waals surface area contributed by atoms with Crippen molar-refractivity contribution in [3.8, 4) is 5.75 Å². The SMILES string of the molecule is COc1ccccc1C(CC(=O)O)c1ccc(F)cc1. The zero-order valence-corrected chi connectivity index (χ0v) is 11.0. The third kappa shape index (κ3) is 3.15. The molecule has 20 heavy (non-hydrogen) atoms. The molecule has 2 aromatic carbocycles. The lowest BCUT2D eigenvalue weighted by atomic mass is 9.88. The highest BCUT2D eigenvalue weighted by Crippen LogP contribution is 2.34. The molecule has 0 aromatic heterocycles. The van der Waals surface area contributed by atoms with Crippen molar-refractivity contribution in [3.63, 3.8) is 0 Å². The third-order valence-corrected chi connectivity index (χ3v) is 3.17. The minimum atomic E-state index is -0.912. The molecule has 1 unspecified atom stereocenters. The first-order valence-electron chi connectivity index (χ1n) is 6.22. The van der Waals surface area contributed by atoms with E-state index in [-0.39, 0.29) is 18.2 Å². The minimum absolute atomic E-state index is 0.0774. The van der Waals surface area contributed by atoms with Crippen LogP contribution in [0, 0.1) is 5.82 Å². The van der Waals surface area contributed by atoms with Gasteiger partial charge in [0, 0.05) is 11.5 Å². The summed E-state index contributed by atoms with van der Waals surface area (Å²) in [6.07, 6.45) is -0.0774. The van der Waals surface area contributed by atoms with Crippen LogP contribution in [0.5, 0.6) is 5.75 Å². The first kappa shape index (κ1) is 14.1. The average Bonchev–Trinajstić information content (AvgIpc) is 2.45. The van der Waals surface area contributed by atoms with Gasteiger partial charge in [-0.3, -0.25) is 4.79 Å². The van der Waals surface area contributed by atoms with Gasteiger partial charge in [-0.2, -0.15) is 0 Å². The Morgan fingerprint density at radius 2 is 1.85 bits per heavy atom. The topological polar surface area (TPSA) is 46.5 Å². The van der Waals surface area contributed by atoms with Crippen molar-refractivity contribution in [2.75, 3.05) is 7.11 Å². The molecule has 4 heteroatoms. The second-order valence-electron chi connectivity index (χ2n) is 4.44. The van der Waals surface area contributed by atoms with Crippen LogP contribution in [0.3, 0.4) is 0 Å².